The Balaban J connectivity index is 1.99. The second kappa shape index (κ2) is 6.68. The standard InChI is InChI=1S/C21H13NO7/c23-19(24)11-7-9-12(10-8-11)22-15-5-1-3-13(20(25)26)17(15)29-18-14(21(27)28)4-2-6-16(18)22/h1-10H,(H,23,24)(H,25,26)(H,27,28). The highest BCUT2D eigenvalue weighted by atomic mass is 16.5. The number of carboxylic acid groups (broad SMARTS) is 3. The predicted molar refractivity (Wildman–Crippen MR) is 102 cm³/mol. The monoisotopic (exact) mass is 391 g/mol. The van der Waals surface area contributed by atoms with Crippen LogP contribution in [0.15, 0.2) is 60.7 Å². The molecule has 0 spiro atoms. The number of rotatable bonds is 4. The number of benzene rings is 3. The molecule has 0 saturated carbocycles. The van der Waals surface area contributed by atoms with Gasteiger partial charge in [0.05, 0.1) is 16.9 Å². The van der Waals surface area contributed by atoms with Crippen LogP contribution in [0, 0.1) is 0 Å². The van der Waals surface area contributed by atoms with E-state index in [9.17, 15) is 24.6 Å². The summed E-state index contributed by atoms with van der Waals surface area (Å²) in [7, 11) is 0. The molecule has 8 heteroatoms. The molecule has 1 aliphatic rings. The van der Waals surface area contributed by atoms with Gasteiger partial charge in [0.25, 0.3) is 0 Å². The van der Waals surface area contributed by atoms with E-state index >= 15 is 0 Å². The van der Waals surface area contributed by atoms with Crippen LogP contribution < -0.4 is 9.64 Å². The van der Waals surface area contributed by atoms with Crippen molar-refractivity contribution in [2.45, 2.75) is 0 Å². The van der Waals surface area contributed by atoms with Gasteiger partial charge in [-0.3, -0.25) is 0 Å². The van der Waals surface area contributed by atoms with Crippen molar-refractivity contribution in [3.05, 3.63) is 77.4 Å². The highest BCUT2D eigenvalue weighted by Gasteiger charge is 2.32. The molecule has 0 saturated heterocycles. The zero-order valence-corrected chi connectivity index (χ0v) is 14.7. The smallest absolute Gasteiger partial charge is 0.339 e. The Morgan fingerprint density at radius 1 is 0.655 bits per heavy atom. The van der Waals surface area contributed by atoms with Crippen LogP contribution in [0.5, 0.6) is 11.5 Å². The largest absolute Gasteiger partial charge is 0.478 e. The third-order valence-corrected chi connectivity index (χ3v) is 4.51. The van der Waals surface area contributed by atoms with Gasteiger partial charge in [0.2, 0.25) is 0 Å². The van der Waals surface area contributed by atoms with Gasteiger partial charge >= 0.3 is 17.9 Å². The minimum atomic E-state index is -1.22. The lowest BCUT2D eigenvalue weighted by atomic mass is 10.0. The average Bonchev–Trinajstić information content (AvgIpc) is 2.71. The lowest BCUT2D eigenvalue weighted by molar-refractivity contribution is 0.0683. The second-order valence-corrected chi connectivity index (χ2v) is 6.21. The van der Waals surface area contributed by atoms with Crippen molar-refractivity contribution < 1.29 is 34.4 Å². The van der Waals surface area contributed by atoms with E-state index in [0.29, 0.717) is 17.1 Å². The average molecular weight is 391 g/mol. The molecule has 1 aliphatic heterocycles. The van der Waals surface area contributed by atoms with Crippen LogP contribution in [0.1, 0.15) is 31.1 Å². The Morgan fingerprint density at radius 2 is 1.14 bits per heavy atom. The van der Waals surface area contributed by atoms with E-state index in [1.54, 1.807) is 41.3 Å². The SMILES string of the molecule is O=C(O)c1ccc(N2c3cccc(C(=O)O)c3Oc3c(C(=O)O)cccc32)cc1. The first-order valence-electron chi connectivity index (χ1n) is 8.42. The molecule has 29 heavy (non-hydrogen) atoms. The number of para-hydroxylation sites is 2. The molecule has 3 aromatic carbocycles. The predicted octanol–water partition coefficient (Wildman–Crippen LogP) is 4.36. The van der Waals surface area contributed by atoms with Crippen molar-refractivity contribution in [2.24, 2.45) is 0 Å². The van der Waals surface area contributed by atoms with E-state index < -0.39 is 17.9 Å². The van der Waals surface area contributed by atoms with Crippen LogP contribution in [-0.4, -0.2) is 33.2 Å². The van der Waals surface area contributed by atoms with E-state index in [1.807, 2.05) is 0 Å². The number of fused-ring (bicyclic) bond motifs is 2. The van der Waals surface area contributed by atoms with E-state index in [2.05, 4.69) is 0 Å². The second-order valence-electron chi connectivity index (χ2n) is 6.21. The molecule has 3 aromatic rings. The summed E-state index contributed by atoms with van der Waals surface area (Å²) in [6, 6.07) is 15.1. The number of carbonyl (C=O) groups is 3. The Bertz CT molecular complexity index is 1100. The molecule has 3 N–H and O–H groups in total. The fourth-order valence-corrected chi connectivity index (χ4v) is 3.22. The van der Waals surface area contributed by atoms with Crippen LogP contribution in [0.4, 0.5) is 17.1 Å². The third kappa shape index (κ3) is 2.92. The zero-order chi connectivity index (χ0) is 20.7. The van der Waals surface area contributed by atoms with E-state index in [1.165, 1.54) is 24.3 Å². The van der Waals surface area contributed by atoms with Crippen LogP contribution >= 0.6 is 0 Å². The lowest BCUT2D eigenvalue weighted by Crippen LogP contribution is -2.19. The first kappa shape index (κ1) is 18.1. The number of hydrogen-bond donors (Lipinski definition) is 3. The first-order valence-corrected chi connectivity index (χ1v) is 8.42. The topological polar surface area (TPSA) is 124 Å². The Labute approximate surface area is 163 Å². The molecule has 0 amide bonds. The molecule has 0 aromatic heterocycles. The molecule has 0 aliphatic carbocycles. The number of nitrogens with zero attached hydrogens (tertiary/aromatic N) is 1. The maximum Gasteiger partial charge on any atom is 0.339 e. The molecule has 0 radical (unpaired) electrons. The van der Waals surface area contributed by atoms with Gasteiger partial charge in [0.15, 0.2) is 11.5 Å². The summed E-state index contributed by atoms with van der Waals surface area (Å²) in [6.07, 6.45) is 0. The van der Waals surface area contributed by atoms with Gasteiger partial charge in [-0.05, 0) is 48.5 Å². The summed E-state index contributed by atoms with van der Waals surface area (Å²) in [5.41, 5.74) is 1.14. The van der Waals surface area contributed by atoms with Crippen molar-refractivity contribution >= 4 is 35.0 Å². The Morgan fingerprint density at radius 3 is 1.55 bits per heavy atom. The van der Waals surface area contributed by atoms with Gasteiger partial charge in [-0.2, -0.15) is 0 Å². The van der Waals surface area contributed by atoms with Gasteiger partial charge in [-0.15, -0.1) is 0 Å². The first-order chi connectivity index (χ1) is 13.9. The quantitative estimate of drug-likeness (QED) is 0.469. The van der Waals surface area contributed by atoms with Crippen molar-refractivity contribution in [3.8, 4) is 11.5 Å². The fraction of sp³-hybridized carbons (Fsp3) is 0. The highest BCUT2D eigenvalue weighted by molar-refractivity contribution is 6.01. The van der Waals surface area contributed by atoms with Gasteiger partial charge in [0, 0.05) is 5.69 Å². The van der Waals surface area contributed by atoms with Gasteiger partial charge in [0.1, 0.15) is 11.1 Å². The van der Waals surface area contributed by atoms with E-state index in [-0.39, 0.29) is 28.2 Å². The molecular weight excluding hydrogens is 378 g/mol. The van der Waals surface area contributed by atoms with Gasteiger partial charge in [-0.1, -0.05) is 12.1 Å². The fourth-order valence-electron chi connectivity index (χ4n) is 3.22. The number of anilines is 3. The summed E-state index contributed by atoms with van der Waals surface area (Å²) in [5.74, 6) is -3.52. The normalized spacial score (nSPS) is 11.8. The third-order valence-electron chi connectivity index (χ3n) is 4.51. The molecule has 8 nitrogen and oxygen atoms in total. The Hall–Kier alpha value is -4.33. The molecule has 0 atom stereocenters. The van der Waals surface area contributed by atoms with Crippen molar-refractivity contribution in [3.63, 3.8) is 0 Å². The molecule has 0 fully saturated rings. The maximum absolute atomic E-state index is 11.7. The molecule has 4 rings (SSSR count). The molecule has 144 valence electrons. The summed E-state index contributed by atoms with van der Waals surface area (Å²) in [6.45, 7) is 0. The minimum absolute atomic E-state index is 0.00325. The van der Waals surface area contributed by atoms with Crippen LogP contribution in [-0.2, 0) is 0 Å². The number of ether oxygens (including phenoxy) is 1. The van der Waals surface area contributed by atoms with Crippen LogP contribution in [0.2, 0.25) is 0 Å². The molecule has 1 heterocycles. The van der Waals surface area contributed by atoms with Gasteiger partial charge < -0.3 is 25.0 Å². The molecule has 0 bridgehead atoms. The minimum Gasteiger partial charge on any atom is -0.478 e. The van der Waals surface area contributed by atoms with E-state index in [4.69, 9.17) is 9.84 Å². The summed E-state index contributed by atoms with van der Waals surface area (Å²) >= 11 is 0. The summed E-state index contributed by atoms with van der Waals surface area (Å²) in [4.78, 5) is 36.2. The highest BCUT2D eigenvalue weighted by Crippen LogP contribution is 2.52. The van der Waals surface area contributed by atoms with E-state index in [0.717, 1.165) is 0 Å². The maximum atomic E-state index is 11.7. The van der Waals surface area contributed by atoms with Crippen molar-refractivity contribution in [2.75, 3.05) is 4.90 Å². The summed E-state index contributed by atoms with van der Waals surface area (Å²) in [5, 5.41) is 28.2. The zero-order valence-electron chi connectivity index (χ0n) is 14.7. The van der Waals surface area contributed by atoms with Gasteiger partial charge in [-0.25, -0.2) is 14.4 Å². The number of aromatic carboxylic acids is 3. The number of hydrogen-bond acceptors (Lipinski definition) is 5. The van der Waals surface area contributed by atoms with Crippen molar-refractivity contribution in [1.82, 2.24) is 0 Å². The van der Waals surface area contributed by atoms with Crippen molar-refractivity contribution in [1.29, 1.82) is 0 Å². The number of carboxylic acids is 3. The lowest BCUT2D eigenvalue weighted by Gasteiger charge is -2.34. The Kier molecular flexibility index (Phi) is 4.16. The van der Waals surface area contributed by atoms with Crippen LogP contribution in [0.25, 0.3) is 0 Å². The molecular formula is C21H13NO7. The van der Waals surface area contributed by atoms with Crippen LogP contribution in [0.3, 0.4) is 0 Å². The molecule has 0 unspecified atom stereocenters. The summed E-state index contributed by atoms with van der Waals surface area (Å²) < 4.78 is 5.78.